The van der Waals surface area contributed by atoms with Gasteiger partial charge in [0.25, 0.3) is 0 Å². The van der Waals surface area contributed by atoms with Crippen molar-refractivity contribution in [1.29, 1.82) is 0 Å². The molecule has 0 spiro atoms. The highest BCUT2D eigenvalue weighted by molar-refractivity contribution is 5.94. The Morgan fingerprint density at radius 1 is 1.16 bits per heavy atom. The van der Waals surface area contributed by atoms with Crippen LogP contribution in [0.5, 0.6) is 0 Å². The van der Waals surface area contributed by atoms with Crippen molar-refractivity contribution < 1.29 is 11.7 Å². The van der Waals surface area contributed by atoms with Crippen molar-refractivity contribution in [2.24, 2.45) is 5.92 Å². The molecule has 5 rings (SSSR count). The first-order valence-electron chi connectivity index (χ1n) is 12.1. The number of rotatable bonds is 4. The molecule has 0 aliphatic heterocycles. The number of aromatic nitrogens is 4. The van der Waals surface area contributed by atoms with Crippen LogP contribution in [0, 0.1) is 26.7 Å². The number of hydrogen-bond donors (Lipinski definition) is 0. The monoisotopic (exact) mass is 434 g/mol. The Labute approximate surface area is 190 Å². The van der Waals surface area contributed by atoms with Crippen LogP contribution in [-0.2, 0) is 6.50 Å². The molecule has 0 atom stereocenters. The summed E-state index contributed by atoms with van der Waals surface area (Å²) < 4.78 is 39.8. The molecule has 4 aromatic rings. The minimum atomic E-state index is -1.70. The Bertz CT molecular complexity index is 1330. The Morgan fingerprint density at radius 3 is 2.56 bits per heavy atom. The molecule has 0 saturated heterocycles. The molecule has 1 fully saturated rings. The van der Waals surface area contributed by atoms with Gasteiger partial charge in [-0.15, -0.1) is 0 Å². The molecule has 166 valence electrons. The van der Waals surface area contributed by atoms with Crippen LogP contribution in [0.2, 0.25) is 0 Å². The fourth-order valence-corrected chi connectivity index (χ4v) is 4.63. The second-order valence-electron chi connectivity index (χ2n) is 9.21. The summed E-state index contributed by atoms with van der Waals surface area (Å²) in [5.74, 6) is 0.399. The van der Waals surface area contributed by atoms with Gasteiger partial charge in [-0.05, 0) is 71.4 Å². The van der Waals surface area contributed by atoms with Crippen molar-refractivity contribution in [2.45, 2.75) is 65.5 Å². The molecule has 0 unspecified atom stereocenters. The molecule has 0 N–H and O–H groups in total. The standard InChI is InChI=1S/C26H29FN4O/c1-16-5-6-20(12-28-16)22-15-31(14-19-7-9-26(4,27)10-8-19)23-11-21(13-29-25(22)23)24-17(2)30-32-18(24)3/h5-6,11-13,15,19H,7-10,14H2,1-4H3/i14D2. The van der Waals surface area contributed by atoms with Crippen LogP contribution in [-0.4, -0.2) is 25.4 Å². The fraction of sp³-hybridized carbons (Fsp3) is 0.423. The lowest BCUT2D eigenvalue weighted by atomic mass is 9.81. The van der Waals surface area contributed by atoms with Gasteiger partial charge < -0.3 is 9.09 Å². The van der Waals surface area contributed by atoms with Crippen LogP contribution in [0.15, 0.2) is 41.3 Å². The molecule has 1 aliphatic rings. The van der Waals surface area contributed by atoms with Crippen molar-refractivity contribution in [2.75, 3.05) is 0 Å². The number of alkyl halides is 1. The molecule has 0 amide bonds. The van der Waals surface area contributed by atoms with Crippen LogP contribution < -0.4 is 0 Å². The molecular weight excluding hydrogens is 403 g/mol. The van der Waals surface area contributed by atoms with E-state index in [9.17, 15) is 4.39 Å². The lowest BCUT2D eigenvalue weighted by Crippen LogP contribution is -2.27. The zero-order chi connectivity index (χ0) is 24.3. The van der Waals surface area contributed by atoms with Crippen LogP contribution >= 0.6 is 0 Å². The summed E-state index contributed by atoms with van der Waals surface area (Å²) in [4.78, 5) is 9.20. The fourth-order valence-electron chi connectivity index (χ4n) is 4.63. The van der Waals surface area contributed by atoms with E-state index in [0.717, 1.165) is 33.6 Å². The summed E-state index contributed by atoms with van der Waals surface area (Å²) in [6.45, 7) is 5.59. The van der Waals surface area contributed by atoms with Gasteiger partial charge in [0.15, 0.2) is 0 Å². The average Bonchev–Trinajstić information content (AvgIpc) is 3.33. The highest BCUT2D eigenvalue weighted by Crippen LogP contribution is 2.38. The first-order valence-corrected chi connectivity index (χ1v) is 11.1. The second kappa shape index (κ2) is 7.84. The van der Waals surface area contributed by atoms with Crippen molar-refractivity contribution in [3.63, 3.8) is 0 Å². The molecule has 4 aromatic heterocycles. The Hall–Kier alpha value is -3.02. The van der Waals surface area contributed by atoms with E-state index in [-0.39, 0.29) is 5.92 Å². The van der Waals surface area contributed by atoms with E-state index in [1.54, 1.807) is 23.9 Å². The van der Waals surface area contributed by atoms with Gasteiger partial charge in [-0.25, -0.2) is 4.39 Å². The molecule has 0 radical (unpaired) electrons. The molecule has 4 heterocycles. The van der Waals surface area contributed by atoms with Crippen molar-refractivity contribution in [1.82, 2.24) is 19.7 Å². The summed E-state index contributed by atoms with van der Waals surface area (Å²) in [6, 6.07) is 5.88. The summed E-state index contributed by atoms with van der Waals surface area (Å²) >= 11 is 0. The zero-order valence-electron chi connectivity index (χ0n) is 20.9. The lowest BCUT2D eigenvalue weighted by Gasteiger charge is -2.31. The number of fused-ring (bicyclic) bond motifs is 1. The van der Waals surface area contributed by atoms with E-state index in [0.29, 0.717) is 42.5 Å². The van der Waals surface area contributed by atoms with E-state index in [4.69, 9.17) is 12.2 Å². The highest BCUT2D eigenvalue weighted by atomic mass is 19.1. The topological polar surface area (TPSA) is 56.7 Å². The lowest BCUT2D eigenvalue weighted by molar-refractivity contribution is 0.0985. The van der Waals surface area contributed by atoms with Gasteiger partial charge in [0, 0.05) is 53.0 Å². The molecule has 5 nitrogen and oxygen atoms in total. The highest BCUT2D eigenvalue weighted by Gasteiger charge is 2.31. The Kier molecular flexibility index (Phi) is 4.54. The van der Waals surface area contributed by atoms with Crippen LogP contribution in [0.25, 0.3) is 33.3 Å². The van der Waals surface area contributed by atoms with E-state index >= 15 is 0 Å². The maximum atomic E-state index is 14.5. The number of hydrogen-bond acceptors (Lipinski definition) is 4. The molecule has 0 bridgehead atoms. The van der Waals surface area contributed by atoms with Crippen molar-refractivity contribution in [3.8, 4) is 22.3 Å². The molecule has 32 heavy (non-hydrogen) atoms. The Balaban J connectivity index is 1.69. The summed E-state index contributed by atoms with van der Waals surface area (Å²) in [6.07, 6.45) is 7.15. The average molecular weight is 435 g/mol. The van der Waals surface area contributed by atoms with E-state index in [1.165, 1.54) is 0 Å². The molecule has 0 aromatic carbocycles. The quantitative estimate of drug-likeness (QED) is 0.363. The van der Waals surface area contributed by atoms with E-state index in [1.807, 2.05) is 45.2 Å². The Morgan fingerprint density at radius 2 is 1.91 bits per heavy atom. The number of halogens is 1. The summed E-state index contributed by atoms with van der Waals surface area (Å²) in [5.41, 5.74) is 5.24. The minimum absolute atomic E-state index is 0.293. The molecular formula is C26H29FN4O. The SMILES string of the molecule is [2H]C([2H])(C1CCC(C)(F)CC1)n1cc(-c2ccc(C)nc2)c2ncc(-c3c(C)noc3C)cc21. The minimum Gasteiger partial charge on any atom is -0.361 e. The first kappa shape index (κ1) is 18.5. The first-order chi connectivity index (χ1) is 16.1. The van der Waals surface area contributed by atoms with Gasteiger partial charge in [0.1, 0.15) is 11.4 Å². The van der Waals surface area contributed by atoms with E-state index < -0.39 is 12.2 Å². The van der Waals surface area contributed by atoms with Crippen molar-refractivity contribution in [3.05, 3.63) is 53.9 Å². The summed E-state index contributed by atoms with van der Waals surface area (Å²) in [7, 11) is 0. The maximum absolute atomic E-state index is 14.5. The van der Waals surface area contributed by atoms with Gasteiger partial charge in [-0.2, -0.15) is 0 Å². The van der Waals surface area contributed by atoms with Crippen molar-refractivity contribution >= 4 is 11.0 Å². The zero-order valence-corrected chi connectivity index (χ0v) is 18.9. The normalized spacial score (nSPS) is 22.7. The number of pyridine rings is 2. The predicted octanol–water partition coefficient (Wildman–Crippen LogP) is 6.60. The van der Waals surface area contributed by atoms with Gasteiger partial charge in [0.2, 0.25) is 0 Å². The van der Waals surface area contributed by atoms with Gasteiger partial charge in [0.05, 0.1) is 19.5 Å². The maximum Gasteiger partial charge on any atom is 0.141 e. The number of nitrogens with zero attached hydrogens (tertiary/aromatic N) is 4. The third-order valence-electron chi connectivity index (χ3n) is 6.53. The van der Waals surface area contributed by atoms with Gasteiger partial charge in [-0.3, -0.25) is 9.97 Å². The molecule has 1 aliphatic carbocycles. The summed E-state index contributed by atoms with van der Waals surface area (Å²) in [5, 5.41) is 4.06. The van der Waals surface area contributed by atoms with Crippen LogP contribution in [0.1, 0.15) is 52.5 Å². The largest absolute Gasteiger partial charge is 0.361 e. The number of aryl methyl sites for hydroxylation is 3. The van der Waals surface area contributed by atoms with E-state index in [2.05, 4.69) is 10.1 Å². The molecule has 1 saturated carbocycles. The predicted molar refractivity (Wildman–Crippen MR) is 124 cm³/mol. The van der Waals surface area contributed by atoms with Gasteiger partial charge >= 0.3 is 0 Å². The smallest absolute Gasteiger partial charge is 0.141 e. The van der Waals surface area contributed by atoms with Gasteiger partial charge in [-0.1, -0.05) is 11.2 Å². The third kappa shape index (κ3) is 3.83. The van der Waals surface area contributed by atoms with Crippen LogP contribution in [0.4, 0.5) is 4.39 Å². The molecule has 6 heteroatoms. The third-order valence-corrected chi connectivity index (χ3v) is 6.53. The second-order valence-corrected chi connectivity index (χ2v) is 9.21. The van der Waals surface area contributed by atoms with Crippen LogP contribution in [0.3, 0.4) is 0 Å².